The Bertz CT molecular complexity index is 148. The van der Waals surface area contributed by atoms with Gasteiger partial charge in [-0.2, -0.15) is 13.2 Å². The van der Waals surface area contributed by atoms with Crippen LogP contribution in [0.1, 0.15) is 13.3 Å². The van der Waals surface area contributed by atoms with Gasteiger partial charge in [-0.15, -0.1) is 0 Å². The number of nitrogens with zero attached hydrogens (tertiary/aromatic N) is 1. The van der Waals surface area contributed by atoms with Crippen molar-refractivity contribution < 1.29 is 13.2 Å². The fraction of sp³-hybridized carbons (Fsp3) is 1.00. The van der Waals surface area contributed by atoms with E-state index >= 15 is 0 Å². The smallest absolute Gasteiger partial charge is 0.250 e. The van der Waals surface area contributed by atoms with Crippen molar-refractivity contribution in [3.05, 3.63) is 0 Å². The Morgan fingerprint density at radius 1 is 1.50 bits per heavy atom. The first kappa shape index (κ1) is 10.2. The van der Waals surface area contributed by atoms with Gasteiger partial charge in [0, 0.05) is 18.8 Å². The van der Waals surface area contributed by atoms with Crippen molar-refractivity contribution >= 4 is 11.9 Å². The Balaban J connectivity index is 2.35. The van der Waals surface area contributed by atoms with Gasteiger partial charge < -0.3 is 0 Å². The zero-order chi connectivity index (χ0) is 9.19. The van der Waals surface area contributed by atoms with Crippen LogP contribution in [0.3, 0.4) is 0 Å². The SMILES string of the molecule is CCSN1CC[C@H](C(F)(F)F)C1. The molecule has 1 atom stereocenters. The summed E-state index contributed by atoms with van der Waals surface area (Å²) in [5.74, 6) is -0.249. The minimum atomic E-state index is -4.00. The molecule has 0 aromatic rings. The quantitative estimate of drug-likeness (QED) is 0.629. The largest absolute Gasteiger partial charge is 0.393 e. The molecule has 1 aliphatic rings. The summed E-state index contributed by atoms with van der Waals surface area (Å²) in [7, 11) is 0. The lowest BCUT2D eigenvalue weighted by atomic mass is 10.1. The van der Waals surface area contributed by atoms with E-state index in [1.807, 2.05) is 6.92 Å². The van der Waals surface area contributed by atoms with E-state index in [0.29, 0.717) is 6.54 Å². The lowest BCUT2D eigenvalue weighted by molar-refractivity contribution is -0.169. The van der Waals surface area contributed by atoms with E-state index in [9.17, 15) is 13.2 Å². The zero-order valence-corrected chi connectivity index (χ0v) is 7.71. The van der Waals surface area contributed by atoms with Gasteiger partial charge in [0.2, 0.25) is 0 Å². The van der Waals surface area contributed by atoms with Gasteiger partial charge in [-0.3, -0.25) is 0 Å². The highest BCUT2D eigenvalue weighted by Crippen LogP contribution is 2.35. The first-order chi connectivity index (χ1) is 5.54. The third kappa shape index (κ3) is 2.55. The van der Waals surface area contributed by atoms with Gasteiger partial charge in [0.1, 0.15) is 0 Å². The summed E-state index contributed by atoms with van der Waals surface area (Å²) < 4.78 is 38.2. The van der Waals surface area contributed by atoms with E-state index in [2.05, 4.69) is 0 Å². The Hall–Kier alpha value is 0.100. The highest BCUT2D eigenvalue weighted by atomic mass is 32.2. The van der Waals surface area contributed by atoms with Crippen LogP contribution in [-0.2, 0) is 0 Å². The number of hydrogen-bond donors (Lipinski definition) is 0. The molecule has 72 valence electrons. The van der Waals surface area contributed by atoms with Crippen LogP contribution in [0.4, 0.5) is 13.2 Å². The fourth-order valence-electron chi connectivity index (χ4n) is 1.30. The fourth-order valence-corrected chi connectivity index (χ4v) is 2.18. The van der Waals surface area contributed by atoms with Crippen LogP contribution in [0.2, 0.25) is 0 Å². The van der Waals surface area contributed by atoms with Crippen LogP contribution in [0.5, 0.6) is 0 Å². The number of halogens is 3. The number of rotatable bonds is 2. The Labute approximate surface area is 74.4 Å². The van der Waals surface area contributed by atoms with E-state index < -0.39 is 12.1 Å². The van der Waals surface area contributed by atoms with Crippen molar-refractivity contribution in [3.63, 3.8) is 0 Å². The van der Waals surface area contributed by atoms with Gasteiger partial charge in [0.15, 0.2) is 0 Å². The summed E-state index contributed by atoms with van der Waals surface area (Å²) in [6, 6.07) is 0. The minimum absolute atomic E-state index is 0.169. The van der Waals surface area contributed by atoms with Crippen molar-refractivity contribution in [2.45, 2.75) is 19.5 Å². The summed E-state index contributed by atoms with van der Waals surface area (Å²) >= 11 is 1.49. The maximum absolute atomic E-state index is 12.1. The second kappa shape index (κ2) is 3.87. The first-order valence-corrected chi connectivity index (χ1v) is 4.93. The van der Waals surface area contributed by atoms with Crippen LogP contribution in [-0.4, -0.2) is 29.3 Å². The third-order valence-corrected chi connectivity index (χ3v) is 2.88. The predicted octanol–water partition coefficient (Wildman–Crippen LogP) is 2.54. The van der Waals surface area contributed by atoms with Crippen LogP contribution in [0, 0.1) is 5.92 Å². The molecular formula is C7H12F3NS. The van der Waals surface area contributed by atoms with Crippen LogP contribution in [0.15, 0.2) is 0 Å². The second-order valence-electron chi connectivity index (χ2n) is 2.83. The van der Waals surface area contributed by atoms with Gasteiger partial charge >= 0.3 is 6.18 Å². The van der Waals surface area contributed by atoms with Crippen molar-refractivity contribution in [2.24, 2.45) is 5.92 Å². The molecule has 0 aromatic heterocycles. The molecule has 1 fully saturated rings. The Morgan fingerprint density at radius 2 is 2.17 bits per heavy atom. The van der Waals surface area contributed by atoms with E-state index in [4.69, 9.17) is 0 Å². The molecule has 1 nitrogen and oxygen atoms in total. The summed E-state index contributed by atoms with van der Waals surface area (Å²) in [4.78, 5) is 0. The van der Waals surface area contributed by atoms with Gasteiger partial charge in [0.05, 0.1) is 5.92 Å². The monoisotopic (exact) mass is 199 g/mol. The molecule has 0 aliphatic carbocycles. The topological polar surface area (TPSA) is 3.24 Å². The lowest BCUT2D eigenvalue weighted by Crippen LogP contribution is -2.25. The Morgan fingerprint density at radius 3 is 2.58 bits per heavy atom. The highest BCUT2D eigenvalue weighted by molar-refractivity contribution is 7.96. The first-order valence-electron chi connectivity index (χ1n) is 3.98. The zero-order valence-electron chi connectivity index (χ0n) is 6.90. The van der Waals surface area contributed by atoms with E-state index in [-0.39, 0.29) is 13.0 Å². The summed E-state index contributed by atoms with van der Waals surface area (Å²) in [5.41, 5.74) is 0. The molecule has 0 spiro atoms. The molecule has 1 aliphatic heterocycles. The van der Waals surface area contributed by atoms with Crippen molar-refractivity contribution in [2.75, 3.05) is 18.8 Å². The molecule has 0 radical (unpaired) electrons. The van der Waals surface area contributed by atoms with Gasteiger partial charge in [-0.25, -0.2) is 4.31 Å². The van der Waals surface area contributed by atoms with Gasteiger partial charge in [-0.05, 0) is 6.42 Å². The van der Waals surface area contributed by atoms with Crippen LogP contribution >= 0.6 is 11.9 Å². The molecule has 12 heavy (non-hydrogen) atoms. The van der Waals surface area contributed by atoms with Crippen molar-refractivity contribution in [3.8, 4) is 0 Å². The normalized spacial score (nSPS) is 26.5. The molecule has 0 unspecified atom stereocenters. The molecule has 1 saturated heterocycles. The molecule has 0 aromatic carbocycles. The second-order valence-corrected chi connectivity index (χ2v) is 4.18. The molecule has 0 bridgehead atoms. The van der Waals surface area contributed by atoms with E-state index in [1.165, 1.54) is 11.9 Å². The maximum Gasteiger partial charge on any atom is 0.393 e. The Kier molecular flexibility index (Phi) is 3.29. The summed E-state index contributed by atoms with van der Waals surface area (Å²) in [5, 5.41) is 0. The van der Waals surface area contributed by atoms with Crippen molar-refractivity contribution in [1.82, 2.24) is 4.31 Å². The molecule has 0 N–H and O–H groups in total. The third-order valence-electron chi connectivity index (χ3n) is 1.93. The van der Waals surface area contributed by atoms with E-state index in [1.54, 1.807) is 4.31 Å². The van der Waals surface area contributed by atoms with Crippen LogP contribution in [0.25, 0.3) is 0 Å². The molecule has 1 heterocycles. The average molecular weight is 199 g/mol. The van der Waals surface area contributed by atoms with Crippen molar-refractivity contribution in [1.29, 1.82) is 0 Å². The minimum Gasteiger partial charge on any atom is -0.250 e. The number of alkyl halides is 3. The maximum atomic E-state index is 12.1. The number of hydrogen-bond acceptors (Lipinski definition) is 2. The standard InChI is InChI=1S/C7H12F3NS/c1-2-12-11-4-3-6(5-11)7(8,9)10/h6H,2-5H2,1H3/t6-/m0/s1. The summed E-state index contributed by atoms with van der Waals surface area (Å²) in [6.07, 6.45) is -3.74. The molecule has 0 saturated carbocycles. The molecule has 5 heteroatoms. The van der Waals surface area contributed by atoms with E-state index in [0.717, 1.165) is 5.75 Å². The lowest BCUT2D eigenvalue weighted by Gasteiger charge is -2.15. The van der Waals surface area contributed by atoms with Gasteiger partial charge in [0.25, 0.3) is 0 Å². The van der Waals surface area contributed by atoms with Gasteiger partial charge in [-0.1, -0.05) is 18.9 Å². The summed E-state index contributed by atoms with van der Waals surface area (Å²) in [6.45, 7) is 2.69. The molecule has 1 rings (SSSR count). The predicted molar refractivity (Wildman–Crippen MR) is 43.9 cm³/mol. The molecule has 0 amide bonds. The van der Waals surface area contributed by atoms with Crippen LogP contribution < -0.4 is 0 Å². The highest BCUT2D eigenvalue weighted by Gasteiger charge is 2.43. The molecular weight excluding hydrogens is 187 g/mol. The average Bonchev–Trinajstić information content (AvgIpc) is 2.35.